The van der Waals surface area contributed by atoms with Crippen molar-refractivity contribution in [1.29, 1.82) is 0 Å². The molecule has 1 fully saturated rings. The smallest absolute Gasteiger partial charge is 0.241 e. The van der Waals surface area contributed by atoms with Crippen LogP contribution in [0.15, 0.2) is 18.3 Å². The highest BCUT2D eigenvalue weighted by Gasteiger charge is 2.22. The number of hydrogen-bond donors (Lipinski definition) is 1. The van der Waals surface area contributed by atoms with Crippen LogP contribution in [0, 0.1) is 0 Å². The fourth-order valence-electron chi connectivity index (χ4n) is 1.62. The Balaban J connectivity index is 2.17. The molecule has 1 amide bonds. The summed E-state index contributed by atoms with van der Waals surface area (Å²) >= 11 is 0. The first-order valence-corrected chi connectivity index (χ1v) is 4.87. The molecule has 1 aliphatic rings. The van der Waals surface area contributed by atoms with Crippen molar-refractivity contribution in [3.63, 3.8) is 0 Å². The van der Waals surface area contributed by atoms with E-state index in [0.29, 0.717) is 18.9 Å². The summed E-state index contributed by atoms with van der Waals surface area (Å²) in [6.07, 6.45) is 1.64. The van der Waals surface area contributed by atoms with Gasteiger partial charge in [-0.15, -0.1) is 0 Å². The summed E-state index contributed by atoms with van der Waals surface area (Å²) in [6, 6.07) is 3.53. The van der Waals surface area contributed by atoms with Gasteiger partial charge >= 0.3 is 0 Å². The van der Waals surface area contributed by atoms with Crippen molar-refractivity contribution in [1.82, 2.24) is 9.88 Å². The molecule has 0 bridgehead atoms. The van der Waals surface area contributed by atoms with Crippen molar-refractivity contribution in [3.8, 4) is 0 Å². The highest BCUT2D eigenvalue weighted by molar-refractivity contribution is 5.95. The Kier molecular flexibility index (Phi) is 2.55. The minimum Gasteiger partial charge on any atom is -0.384 e. The van der Waals surface area contributed by atoms with Gasteiger partial charge in [-0.25, -0.2) is 4.98 Å². The standard InChI is InChI=1S/C10H14N4O/c1-13-4-5-14(10(15)7-13)8-2-3-9(11)12-6-8/h2-3,6H,4-5,7H2,1H3,(H2,11,12). The fourth-order valence-corrected chi connectivity index (χ4v) is 1.62. The first kappa shape index (κ1) is 9.92. The van der Waals surface area contributed by atoms with E-state index < -0.39 is 0 Å². The first-order chi connectivity index (χ1) is 7.16. The molecule has 0 spiro atoms. The Labute approximate surface area is 88.5 Å². The van der Waals surface area contributed by atoms with Gasteiger partial charge in [0.05, 0.1) is 18.4 Å². The second-order valence-electron chi connectivity index (χ2n) is 3.72. The summed E-state index contributed by atoms with van der Waals surface area (Å²) in [6.45, 7) is 2.06. The van der Waals surface area contributed by atoms with E-state index in [1.165, 1.54) is 0 Å². The molecule has 1 saturated heterocycles. The molecule has 0 unspecified atom stereocenters. The molecule has 0 aromatic carbocycles. The van der Waals surface area contributed by atoms with E-state index in [0.717, 1.165) is 12.2 Å². The lowest BCUT2D eigenvalue weighted by molar-refractivity contribution is -0.120. The Morgan fingerprint density at radius 3 is 2.80 bits per heavy atom. The van der Waals surface area contributed by atoms with Gasteiger partial charge in [0, 0.05) is 13.1 Å². The molecular weight excluding hydrogens is 192 g/mol. The highest BCUT2D eigenvalue weighted by Crippen LogP contribution is 2.16. The monoisotopic (exact) mass is 206 g/mol. The van der Waals surface area contributed by atoms with E-state index in [2.05, 4.69) is 4.98 Å². The fraction of sp³-hybridized carbons (Fsp3) is 0.400. The van der Waals surface area contributed by atoms with E-state index in [1.54, 1.807) is 17.2 Å². The number of aromatic nitrogens is 1. The number of nitrogen functional groups attached to an aromatic ring is 1. The van der Waals surface area contributed by atoms with Crippen LogP contribution in [0.5, 0.6) is 0 Å². The van der Waals surface area contributed by atoms with E-state index in [4.69, 9.17) is 5.73 Å². The average Bonchev–Trinajstić information content (AvgIpc) is 2.20. The van der Waals surface area contributed by atoms with Crippen molar-refractivity contribution >= 4 is 17.4 Å². The van der Waals surface area contributed by atoms with Gasteiger partial charge in [-0.3, -0.25) is 9.69 Å². The number of amides is 1. The maximum atomic E-state index is 11.7. The number of hydrogen-bond acceptors (Lipinski definition) is 4. The molecule has 1 aliphatic heterocycles. The Morgan fingerprint density at radius 2 is 2.20 bits per heavy atom. The molecule has 2 rings (SSSR count). The quantitative estimate of drug-likeness (QED) is 0.699. The number of nitrogens with zero attached hydrogens (tertiary/aromatic N) is 3. The van der Waals surface area contributed by atoms with E-state index >= 15 is 0 Å². The largest absolute Gasteiger partial charge is 0.384 e. The van der Waals surface area contributed by atoms with Crippen LogP contribution >= 0.6 is 0 Å². The maximum absolute atomic E-state index is 11.7. The predicted molar refractivity (Wildman–Crippen MR) is 58.5 cm³/mol. The summed E-state index contributed by atoms with van der Waals surface area (Å²) in [5, 5.41) is 0. The number of carbonyl (C=O) groups is 1. The minimum absolute atomic E-state index is 0.107. The van der Waals surface area contributed by atoms with Crippen LogP contribution in [0.2, 0.25) is 0 Å². The zero-order chi connectivity index (χ0) is 10.8. The molecule has 0 radical (unpaired) electrons. The van der Waals surface area contributed by atoms with E-state index in [9.17, 15) is 4.79 Å². The van der Waals surface area contributed by atoms with Gasteiger partial charge in [-0.2, -0.15) is 0 Å². The third-order valence-electron chi connectivity index (χ3n) is 2.49. The van der Waals surface area contributed by atoms with Crippen LogP contribution < -0.4 is 10.6 Å². The van der Waals surface area contributed by atoms with Gasteiger partial charge in [0.15, 0.2) is 0 Å². The number of carbonyl (C=O) groups excluding carboxylic acids is 1. The molecule has 15 heavy (non-hydrogen) atoms. The molecule has 0 aliphatic carbocycles. The van der Waals surface area contributed by atoms with Crippen molar-refractivity contribution in [3.05, 3.63) is 18.3 Å². The molecule has 2 heterocycles. The molecule has 0 saturated carbocycles. The van der Waals surface area contributed by atoms with Gasteiger partial charge in [0.25, 0.3) is 0 Å². The van der Waals surface area contributed by atoms with Crippen LogP contribution in [0.25, 0.3) is 0 Å². The Hall–Kier alpha value is -1.62. The van der Waals surface area contributed by atoms with Crippen molar-refractivity contribution in [2.45, 2.75) is 0 Å². The van der Waals surface area contributed by atoms with Gasteiger partial charge in [-0.05, 0) is 19.2 Å². The van der Waals surface area contributed by atoms with Gasteiger partial charge in [-0.1, -0.05) is 0 Å². The number of piperazine rings is 1. The van der Waals surface area contributed by atoms with Crippen molar-refractivity contribution in [2.75, 3.05) is 37.3 Å². The number of anilines is 2. The zero-order valence-corrected chi connectivity index (χ0v) is 8.68. The van der Waals surface area contributed by atoms with Gasteiger partial charge in [0.2, 0.25) is 5.91 Å². The Bertz CT molecular complexity index is 362. The second kappa shape index (κ2) is 3.86. The molecule has 5 nitrogen and oxygen atoms in total. The van der Waals surface area contributed by atoms with Crippen molar-refractivity contribution in [2.24, 2.45) is 0 Å². The summed E-state index contributed by atoms with van der Waals surface area (Å²) in [5.74, 6) is 0.579. The highest BCUT2D eigenvalue weighted by atomic mass is 16.2. The summed E-state index contributed by atoms with van der Waals surface area (Å²) in [7, 11) is 1.94. The van der Waals surface area contributed by atoms with Crippen LogP contribution in [0.1, 0.15) is 0 Å². The van der Waals surface area contributed by atoms with Crippen LogP contribution in [-0.2, 0) is 4.79 Å². The predicted octanol–water partition coefficient (Wildman–Crippen LogP) is -0.0578. The first-order valence-electron chi connectivity index (χ1n) is 4.87. The van der Waals surface area contributed by atoms with Crippen LogP contribution in [0.4, 0.5) is 11.5 Å². The summed E-state index contributed by atoms with van der Waals surface area (Å²) in [4.78, 5) is 19.4. The zero-order valence-electron chi connectivity index (χ0n) is 8.68. The molecular formula is C10H14N4O. The molecule has 5 heteroatoms. The lowest BCUT2D eigenvalue weighted by atomic mass is 10.3. The van der Waals surface area contributed by atoms with E-state index in [-0.39, 0.29) is 5.91 Å². The summed E-state index contributed by atoms with van der Waals surface area (Å²) < 4.78 is 0. The van der Waals surface area contributed by atoms with Crippen LogP contribution in [0.3, 0.4) is 0 Å². The molecule has 1 aromatic heterocycles. The lowest BCUT2D eigenvalue weighted by Crippen LogP contribution is -2.48. The minimum atomic E-state index is 0.107. The third kappa shape index (κ3) is 2.07. The van der Waals surface area contributed by atoms with Gasteiger partial charge < -0.3 is 10.6 Å². The maximum Gasteiger partial charge on any atom is 0.241 e. The molecule has 2 N–H and O–H groups in total. The van der Waals surface area contributed by atoms with Crippen LogP contribution in [-0.4, -0.2) is 42.5 Å². The number of nitrogens with two attached hydrogens (primary N) is 1. The average molecular weight is 206 g/mol. The molecule has 80 valence electrons. The SMILES string of the molecule is CN1CCN(c2ccc(N)nc2)C(=O)C1. The number of likely N-dealkylation sites (N-methyl/N-ethyl adjacent to an activating group) is 1. The molecule has 0 atom stereocenters. The second-order valence-corrected chi connectivity index (χ2v) is 3.72. The topological polar surface area (TPSA) is 62.5 Å². The number of rotatable bonds is 1. The number of pyridine rings is 1. The van der Waals surface area contributed by atoms with E-state index in [1.807, 2.05) is 18.0 Å². The lowest BCUT2D eigenvalue weighted by Gasteiger charge is -2.31. The normalized spacial score (nSPS) is 18.2. The molecule has 1 aromatic rings. The summed E-state index contributed by atoms with van der Waals surface area (Å²) in [5.41, 5.74) is 6.31. The van der Waals surface area contributed by atoms with Gasteiger partial charge in [0.1, 0.15) is 5.82 Å². The van der Waals surface area contributed by atoms with Crippen molar-refractivity contribution < 1.29 is 4.79 Å². The Morgan fingerprint density at radius 1 is 1.40 bits per heavy atom. The third-order valence-corrected chi connectivity index (χ3v) is 2.49.